The summed E-state index contributed by atoms with van der Waals surface area (Å²) in [5.41, 5.74) is 7.85. The number of nitrogens with two attached hydrogens (primary N) is 1. The Morgan fingerprint density at radius 1 is 1.28 bits per heavy atom. The van der Waals surface area contributed by atoms with Gasteiger partial charge in [-0.3, -0.25) is 5.01 Å². The van der Waals surface area contributed by atoms with Crippen molar-refractivity contribution in [3.8, 4) is 0 Å². The van der Waals surface area contributed by atoms with Crippen LogP contribution in [0.2, 0.25) is 10.0 Å². The van der Waals surface area contributed by atoms with E-state index in [0.717, 1.165) is 17.0 Å². The van der Waals surface area contributed by atoms with Crippen LogP contribution in [0.25, 0.3) is 5.70 Å². The van der Waals surface area contributed by atoms with Crippen LogP contribution in [0.3, 0.4) is 0 Å². The Kier molecular flexibility index (Phi) is 4.41. The van der Waals surface area contributed by atoms with Crippen LogP contribution >= 0.6 is 34.8 Å². The van der Waals surface area contributed by atoms with Crippen LogP contribution in [0.4, 0.5) is 0 Å². The van der Waals surface area contributed by atoms with Gasteiger partial charge in [0.2, 0.25) is 0 Å². The second kappa shape index (κ2) is 5.68. The molecule has 0 saturated heterocycles. The number of nitrogens with zero attached hydrogens (tertiary/aromatic N) is 1. The van der Waals surface area contributed by atoms with Gasteiger partial charge in [0.15, 0.2) is 5.70 Å². The summed E-state index contributed by atoms with van der Waals surface area (Å²) in [7, 11) is 0. The first-order valence-corrected chi connectivity index (χ1v) is 6.97. The van der Waals surface area contributed by atoms with Gasteiger partial charge in [-0.25, -0.2) is 5.43 Å². The van der Waals surface area contributed by atoms with Gasteiger partial charge in [-0.15, -0.1) is 11.6 Å². The molecular formula is C12H15Cl3N3+. The first-order valence-electron chi connectivity index (χ1n) is 5.68. The number of hydrazine groups is 1. The third kappa shape index (κ3) is 2.46. The standard InChI is InChI=1S/C12H14Cl3N3/c1-7(2)18-10(6-13)12(16-17-18)11-8(14)4-3-5-9(11)15/h3-5,7,16-17H,6H2,1-2H3/p+1. The molecule has 0 saturated carbocycles. The van der Waals surface area contributed by atoms with Crippen LogP contribution in [-0.4, -0.2) is 16.9 Å². The molecule has 0 fully saturated rings. The number of allylic oxidation sites excluding steroid dienone is 1. The monoisotopic (exact) mass is 306 g/mol. The fourth-order valence-electron chi connectivity index (χ4n) is 1.99. The van der Waals surface area contributed by atoms with Crippen LogP contribution in [0.15, 0.2) is 23.9 Å². The number of benzene rings is 1. The lowest BCUT2D eigenvalue weighted by Crippen LogP contribution is -2.90. The first-order chi connectivity index (χ1) is 8.56. The molecule has 3 nitrogen and oxygen atoms in total. The lowest BCUT2D eigenvalue weighted by atomic mass is 10.1. The minimum atomic E-state index is 0.300. The van der Waals surface area contributed by atoms with Crippen molar-refractivity contribution in [3.05, 3.63) is 39.5 Å². The van der Waals surface area contributed by atoms with Crippen LogP contribution in [-0.2, 0) is 0 Å². The lowest BCUT2D eigenvalue weighted by molar-refractivity contribution is -0.641. The Bertz CT molecular complexity index is 465. The lowest BCUT2D eigenvalue weighted by Gasteiger charge is -2.21. The number of alkyl halides is 1. The Hall–Kier alpha value is -0.450. The van der Waals surface area contributed by atoms with E-state index in [1.165, 1.54) is 0 Å². The number of halogens is 3. The first kappa shape index (κ1) is 14.0. The summed E-state index contributed by atoms with van der Waals surface area (Å²) in [6.07, 6.45) is 0. The average molecular weight is 308 g/mol. The molecule has 0 unspecified atom stereocenters. The largest absolute Gasteiger partial charge is 0.259 e. The fraction of sp³-hybridized carbons (Fsp3) is 0.333. The molecule has 18 heavy (non-hydrogen) atoms. The van der Waals surface area contributed by atoms with E-state index in [1.54, 1.807) is 0 Å². The predicted molar refractivity (Wildman–Crippen MR) is 76.1 cm³/mol. The van der Waals surface area contributed by atoms with Crippen molar-refractivity contribution < 1.29 is 5.43 Å². The summed E-state index contributed by atoms with van der Waals surface area (Å²) in [5.74, 6) is 0.401. The maximum atomic E-state index is 6.23. The van der Waals surface area contributed by atoms with Crippen LogP contribution in [0.5, 0.6) is 0 Å². The van der Waals surface area contributed by atoms with Crippen molar-refractivity contribution in [2.45, 2.75) is 19.9 Å². The van der Waals surface area contributed by atoms with E-state index in [2.05, 4.69) is 19.4 Å². The highest BCUT2D eigenvalue weighted by Gasteiger charge is 2.31. The summed E-state index contributed by atoms with van der Waals surface area (Å²) >= 11 is 18.5. The number of nitrogens with one attached hydrogen (secondary N) is 1. The molecule has 2 rings (SSSR count). The second-order valence-electron chi connectivity index (χ2n) is 4.33. The molecule has 1 aromatic carbocycles. The molecule has 0 bridgehead atoms. The highest BCUT2D eigenvalue weighted by molar-refractivity contribution is 6.37. The zero-order valence-corrected chi connectivity index (χ0v) is 12.4. The normalized spacial score (nSPS) is 16.0. The average Bonchev–Trinajstić information content (AvgIpc) is 2.72. The minimum absolute atomic E-state index is 0.300. The summed E-state index contributed by atoms with van der Waals surface area (Å²) in [6, 6.07) is 5.78. The van der Waals surface area contributed by atoms with Crippen molar-refractivity contribution >= 4 is 40.5 Å². The third-order valence-electron chi connectivity index (χ3n) is 2.82. The van der Waals surface area contributed by atoms with E-state index in [-0.39, 0.29) is 0 Å². The van der Waals surface area contributed by atoms with Crippen LogP contribution in [0, 0.1) is 0 Å². The fourth-order valence-corrected chi connectivity index (χ4v) is 2.87. The Labute approximate surface area is 122 Å². The molecule has 0 radical (unpaired) electrons. The maximum absolute atomic E-state index is 6.23. The smallest absolute Gasteiger partial charge is 0.182 e. The van der Waals surface area contributed by atoms with Crippen LogP contribution < -0.4 is 11.0 Å². The van der Waals surface area contributed by atoms with E-state index in [4.69, 9.17) is 34.8 Å². The molecule has 0 amide bonds. The van der Waals surface area contributed by atoms with Crippen molar-refractivity contribution in [2.75, 3.05) is 5.88 Å². The zero-order chi connectivity index (χ0) is 13.3. The molecule has 1 aliphatic rings. The van der Waals surface area contributed by atoms with E-state index >= 15 is 0 Å². The molecule has 98 valence electrons. The zero-order valence-electron chi connectivity index (χ0n) is 10.2. The molecular weight excluding hydrogens is 293 g/mol. The minimum Gasteiger partial charge on any atom is -0.259 e. The van der Waals surface area contributed by atoms with Gasteiger partial charge < -0.3 is 0 Å². The highest BCUT2D eigenvalue weighted by atomic mass is 35.5. The summed E-state index contributed by atoms with van der Waals surface area (Å²) < 4.78 is 0. The van der Waals surface area contributed by atoms with Gasteiger partial charge in [-0.2, -0.15) is 0 Å². The van der Waals surface area contributed by atoms with E-state index in [1.807, 2.05) is 28.6 Å². The molecule has 1 heterocycles. The molecule has 0 aliphatic carbocycles. The Morgan fingerprint density at radius 2 is 1.89 bits per heavy atom. The molecule has 0 spiro atoms. The van der Waals surface area contributed by atoms with Crippen molar-refractivity contribution in [3.63, 3.8) is 0 Å². The second-order valence-corrected chi connectivity index (χ2v) is 5.41. The maximum Gasteiger partial charge on any atom is 0.182 e. The Morgan fingerprint density at radius 3 is 2.39 bits per heavy atom. The number of hydrogen-bond donors (Lipinski definition) is 2. The number of quaternary nitrogens is 1. The van der Waals surface area contributed by atoms with Gasteiger partial charge in [0.05, 0.1) is 21.5 Å². The van der Waals surface area contributed by atoms with Gasteiger partial charge in [0.1, 0.15) is 5.70 Å². The van der Waals surface area contributed by atoms with E-state index in [0.29, 0.717) is 22.0 Å². The quantitative estimate of drug-likeness (QED) is 0.664. The van der Waals surface area contributed by atoms with Gasteiger partial charge in [-0.05, 0) is 26.0 Å². The van der Waals surface area contributed by atoms with Crippen molar-refractivity contribution in [1.82, 2.24) is 10.5 Å². The topological polar surface area (TPSA) is 31.9 Å². The molecule has 1 aromatic rings. The number of rotatable bonds is 3. The molecule has 0 aromatic heterocycles. The summed E-state index contributed by atoms with van der Waals surface area (Å²) in [4.78, 5) is 0. The summed E-state index contributed by atoms with van der Waals surface area (Å²) in [6.45, 7) is 4.18. The van der Waals surface area contributed by atoms with Crippen molar-refractivity contribution in [1.29, 1.82) is 0 Å². The van der Waals surface area contributed by atoms with E-state index < -0.39 is 0 Å². The molecule has 0 atom stereocenters. The van der Waals surface area contributed by atoms with Crippen LogP contribution in [0.1, 0.15) is 19.4 Å². The Balaban J connectivity index is 2.52. The van der Waals surface area contributed by atoms with E-state index in [9.17, 15) is 0 Å². The van der Waals surface area contributed by atoms with Gasteiger partial charge in [0, 0.05) is 6.04 Å². The third-order valence-corrected chi connectivity index (χ3v) is 3.71. The molecule has 3 N–H and O–H groups in total. The van der Waals surface area contributed by atoms with Gasteiger partial charge in [0.25, 0.3) is 0 Å². The number of hydrogen-bond acceptors (Lipinski definition) is 2. The molecule has 1 aliphatic heterocycles. The highest BCUT2D eigenvalue weighted by Crippen LogP contribution is 2.31. The SMILES string of the molecule is CC(C)N1N[NH2+]C(c2c(Cl)cccc2Cl)=C1CCl. The predicted octanol–water partition coefficient (Wildman–Crippen LogP) is 2.61. The summed E-state index contributed by atoms with van der Waals surface area (Å²) in [5, 5.41) is 3.27. The van der Waals surface area contributed by atoms with Crippen molar-refractivity contribution in [2.24, 2.45) is 0 Å². The van der Waals surface area contributed by atoms with Gasteiger partial charge >= 0.3 is 0 Å². The molecule has 6 heteroatoms. The van der Waals surface area contributed by atoms with Gasteiger partial charge in [-0.1, -0.05) is 34.8 Å².